The van der Waals surface area contributed by atoms with Crippen LogP contribution in [-0.2, 0) is 24.0 Å². The van der Waals surface area contributed by atoms with Gasteiger partial charge in [0.15, 0.2) is 0 Å². The third-order valence-electron chi connectivity index (χ3n) is 7.53. The van der Waals surface area contributed by atoms with Gasteiger partial charge >= 0.3 is 0 Å². The van der Waals surface area contributed by atoms with Gasteiger partial charge in [-0.15, -0.1) is 0 Å². The number of nitrogens with two attached hydrogens (primary N) is 3. The van der Waals surface area contributed by atoms with Crippen LogP contribution in [0.15, 0.2) is 24.3 Å². The molecule has 12 heteroatoms. The predicted octanol–water partition coefficient (Wildman–Crippen LogP) is 2.74. The molecule has 264 valence electrons. The van der Waals surface area contributed by atoms with Gasteiger partial charge in [0.2, 0.25) is 29.5 Å². The second-order valence-corrected chi connectivity index (χ2v) is 12.0. The summed E-state index contributed by atoms with van der Waals surface area (Å²) in [5, 5.41) is 11.0. The Kier molecular flexibility index (Phi) is 26.0. The average molecular weight is 650 g/mol. The van der Waals surface area contributed by atoms with Gasteiger partial charge in [-0.25, -0.2) is 0 Å². The zero-order chi connectivity index (χ0) is 34.6. The number of amides is 5. The normalized spacial score (nSPS) is 14.0. The molecule has 0 rings (SSSR count). The highest BCUT2D eigenvalue weighted by Gasteiger charge is 2.21. The van der Waals surface area contributed by atoms with E-state index in [0.717, 1.165) is 19.3 Å². The SMILES string of the molecule is CCCCCCCCCCCC(=O)N[C@@H](C)/C=C/C(=O)N[C@@H](CCCCN)C(=O)N[C@@H](C)/C=C/C(=O)N[C@@H](CCCCN)C(N)=O. The summed E-state index contributed by atoms with van der Waals surface area (Å²) in [5.41, 5.74) is 16.5. The molecule has 0 saturated heterocycles. The summed E-state index contributed by atoms with van der Waals surface area (Å²) in [7, 11) is 0. The fourth-order valence-electron chi connectivity index (χ4n) is 4.79. The first kappa shape index (κ1) is 42.8. The Balaban J connectivity index is 4.76. The summed E-state index contributed by atoms with van der Waals surface area (Å²) < 4.78 is 0. The van der Waals surface area contributed by atoms with Crippen LogP contribution in [0.4, 0.5) is 0 Å². The Bertz CT molecular complexity index is 941. The molecule has 10 N–H and O–H groups in total. The molecule has 0 aliphatic rings. The highest BCUT2D eigenvalue weighted by molar-refractivity contribution is 5.94. The van der Waals surface area contributed by atoms with Crippen molar-refractivity contribution in [3.63, 3.8) is 0 Å². The largest absolute Gasteiger partial charge is 0.368 e. The number of rotatable bonds is 28. The van der Waals surface area contributed by atoms with Gasteiger partial charge in [0.25, 0.3) is 0 Å². The van der Waals surface area contributed by atoms with E-state index >= 15 is 0 Å². The predicted molar refractivity (Wildman–Crippen MR) is 184 cm³/mol. The second kappa shape index (κ2) is 28.0. The van der Waals surface area contributed by atoms with E-state index in [1.54, 1.807) is 19.9 Å². The molecule has 0 aromatic heterocycles. The molecule has 0 unspecified atom stereocenters. The van der Waals surface area contributed by atoms with E-state index < -0.39 is 41.8 Å². The fourth-order valence-corrected chi connectivity index (χ4v) is 4.79. The highest BCUT2D eigenvalue weighted by Crippen LogP contribution is 2.10. The van der Waals surface area contributed by atoms with Gasteiger partial charge in [-0.05, 0) is 71.9 Å². The Morgan fingerprint density at radius 3 is 1.54 bits per heavy atom. The molecular formula is C34H63N7O5. The molecule has 0 saturated carbocycles. The standard InChI is InChI=1S/C34H63N7O5/c1-4-5-6-7-8-9-10-11-12-19-30(42)38-26(2)20-22-32(44)41-29(18-14-16-25-36)34(46)39-27(3)21-23-31(43)40-28(33(37)45)17-13-15-24-35/h20-23,26-29H,4-19,24-25,35-36H2,1-3H3,(H2,37,45)(H,38,42)(H,39,46)(H,40,43)(H,41,44)/b22-20+,23-21+/t26-,27-,28-,29-/m0/s1. The number of carbonyl (C=O) groups excluding carboxylic acids is 5. The molecule has 4 atom stereocenters. The average Bonchev–Trinajstić information content (AvgIpc) is 3.01. The van der Waals surface area contributed by atoms with E-state index in [9.17, 15) is 24.0 Å². The Morgan fingerprint density at radius 2 is 1.04 bits per heavy atom. The number of primary amides is 1. The van der Waals surface area contributed by atoms with Crippen LogP contribution in [0.5, 0.6) is 0 Å². The minimum Gasteiger partial charge on any atom is -0.368 e. The van der Waals surface area contributed by atoms with Crippen molar-refractivity contribution in [1.29, 1.82) is 0 Å². The minimum absolute atomic E-state index is 0.0491. The van der Waals surface area contributed by atoms with Crippen LogP contribution >= 0.6 is 0 Å². The highest BCUT2D eigenvalue weighted by atomic mass is 16.2. The number of hydrogen-bond acceptors (Lipinski definition) is 7. The van der Waals surface area contributed by atoms with Gasteiger partial charge in [0.1, 0.15) is 12.1 Å². The Morgan fingerprint density at radius 1 is 0.587 bits per heavy atom. The lowest BCUT2D eigenvalue weighted by Gasteiger charge is -2.20. The maximum Gasteiger partial charge on any atom is 0.244 e. The van der Waals surface area contributed by atoms with Crippen molar-refractivity contribution in [2.45, 2.75) is 148 Å². The lowest BCUT2D eigenvalue weighted by atomic mass is 10.1. The molecule has 0 aromatic carbocycles. The molecule has 0 aliphatic heterocycles. The topological polar surface area (TPSA) is 212 Å². The Hall–Kier alpha value is -3.25. The lowest BCUT2D eigenvalue weighted by molar-refractivity contribution is -0.127. The van der Waals surface area contributed by atoms with Crippen molar-refractivity contribution in [2.24, 2.45) is 17.2 Å². The molecule has 0 heterocycles. The smallest absolute Gasteiger partial charge is 0.244 e. The van der Waals surface area contributed by atoms with Crippen molar-refractivity contribution in [3.05, 3.63) is 24.3 Å². The van der Waals surface area contributed by atoms with Crippen LogP contribution in [-0.4, -0.2) is 66.8 Å². The first-order chi connectivity index (χ1) is 22.0. The van der Waals surface area contributed by atoms with Crippen LogP contribution < -0.4 is 38.5 Å². The molecule has 0 radical (unpaired) electrons. The van der Waals surface area contributed by atoms with Crippen molar-refractivity contribution in [2.75, 3.05) is 13.1 Å². The van der Waals surface area contributed by atoms with Gasteiger partial charge < -0.3 is 38.5 Å². The van der Waals surface area contributed by atoms with E-state index in [-0.39, 0.29) is 11.9 Å². The molecule has 0 bridgehead atoms. The third-order valence-corrected chi connectivity index (χ3v) is 7.53. The molecule has 0 aromatic rings. The lowest BCUT2D eigenvalue weighted by Crippen LogP contribution is -2.48. The van der Waals surface area contributed by atoms with Gasteiger partial charge in [-0.3, -0.25) is 24.0 Å². The fraction of sp³-hybridized carbons (Fsp3) is 0.735. The molecular weight excluding hydrogens is 586 g/mol. The van der Waals surface area contributed by atoms with Crippen molar-refractivity contribution < 1.29 is 24.0 Å². The number of hydrogen-bond donors (Lipinski definition) is 7. The van der Waals surface area contributed by atoms with Crippen LogP contribution in [0.3, 0.4) is 0 Å². The van der Waals surface area contributed by atoms with Gasteiger partial charge in [-0.1, -0.05) is 70.4 Å². The monoisotopic (exact) mass is 649 g/mol. The van der Waals surface area contributed by atoms with Crippen LogP contribution in [0.25, 0.3) is 0 Å². The molecule has 0 aliphatic carbocycles. The number of nitrogens with one attached hydrogen (secondary N) is 4. The quantitative estimate of drug-likeness (QED) is 0.0497. The van der Waals surface area contributed by atoms with E-state index in [2.05, 4.69) is 28.2 Å². The van der Waals surface area contributed by atoms with Gasteiger partial charge in [0, 0.05) is 30.7 Å². The summed E-state index contributed by atoms with van der Waals surface area (Å²) in [6.45, 7) is 6.64. The summed E-state index contributed by atoms with van der Waals surface area (Å²) in [5.74, 6) is -2.05. The molecule has 0 spiro atoms. The van der Waals surface area contributed by atoms with E-state index in [0.29, 0.717) is 58.0 Å². The maximum atomic E-state index is 13.0. The maximum absolute atomic E-state index is 13.0. The van der Waals surface area contributed by atoms with Crippen LogP contribution in [0.2, 0.25) is 0 Å². The number of unbranched alkanes of at least 4 members (excludes halogenated alkanes) is 10. The molecule has 46 heavy (non-hydrogen) atoms. The van der Waals surface area contributed by atoms with E-state index in [4.69, 9.17) is 17.2 Å². The van der Waals surface area contributed by atoms with Gasteiger partial charge in [-0.2, -0.15) is 0 Å². The number of carbonyl (C=O) groups is 5. The minimum atomic E-state index is -0.813. The summed E-state index contributed by atoms with van der Waals surface area (Å²) >= 11 is 0. The molecule has 12 nitrogen and oxygen atoms in total. The summed E-state index contributed by atoms with van der Waals surface area (Å²) in [6, 6.07) is -2.49. The van der Waals surface area contributed by atoms with E-state index in [1.807, 2.05) is 0 Å². The molecule has 0 fully saturated rings. The van der Waals surface area contributed by atoms with Crippen LogP contribution in [0, 0.1) is 0 Å². The molecule has 5 amide bonds. The first-order valence-electron chi connectivity index (χ1n) is 17.3. The zero-order valence-corrected chi connectivity index (χ0v) is 28.6. The summed E-state index contributed by atoms with van der Waals surface area (Å²) in [4.78, 5) is 61.9. The van der Waals surface area contributed by atoms with Crippen molar-refractivity contribution in [3.8, 4) is 0 Å². The summed E-state index contributed by atoms with van der Waals surface area (Å²) in [6.07, 6.45) is 20.2. The van der Waals surface area contributed by atoms with Crippen molar-refractivity contribution in [1.82, 2.24) is 21.3 Å². The Labute approximate surface area is 276 Å². The third kappa shape index (κ3) is 24.0. The second-order valence-electron chi connectivity index (χ2n) is 12.0. The van der Waals surface area contributed by atoms with Crippen LogP contribution in [0.1, 0.15) is 124 Å². The van der Waals surface area contributed by atoms with Gasteiger partial charge in [0.05, 0.1) is 0 Å². The first-order valence-corrected chi connectivity index (χ1v) is 17.3. The van der Waals surface area contributed by atoms with Crippen molar-refractivity contribution >= 4 is 29.5 Å². The van der Waals surface area contributed by atoms with E-state index in [1.165, 1.54) is 56.8 Å². The zero-order valence-electron chi connectivity index (χ0n) is 28.6.